The van der Waals surface area contributed by atoms with E-state index in [0.29, 0.717) is 28.9 Å². The van der Waals surface area contributed by atoms with Gasteiger partial charge in [-0.2, -0.15) is 13.2 Å². The Hall–Kier alpha value is -3.40. The number of benzene rings is 2. The summed E-state index contributed by atoms with van der Waals surface area (Å²) in [5.74, 6) is -0.542. The third-order valence-electron chi connectivity index (χ3n) is 4.00. The summed E-state index contributed by atoms with van der Waals surface area (Å²) >= 11 is 5.53. The normalized spacial score (nSPS) is 11.2. The van der Waals surface area contributed by atoms with Gasteiger partial charge in [-0.25, -0.2) is 4.79 Å². The largest absolute Gasteiger partial charge is 0.493 e. The summed E-state index contributed by atoms with van der Waals surface area (Å²) < 4.78 is 59.1. The summed E-state index contributed by atoms with van der Waals surface area (Å²) in [5, 5.41) is 1.71. The van der Waals surface area contributed by atoms with Crippen molar-refractivity contribution in [2.75, 3.05) is 33.3 Å². The highest BCUT2D eigenvalue weighted by Gasteiger charge is 2.33. The number of carbonyl (C=O) groups is 2. The molecular formula is C21H19ClF3NO6. The van der Waals surface area contributed by atoms with Gasteiger partial charge in [-0.1, -0.05) is 11.6 Å². The van der Waals surface area contributed by atoms with Crippen molar-refractivity contribution in [1.82, 2.24) is 0 Å². The Morgan fingerprint density at radius 2 is 1.66 bits per heavy atom. The number of alkyl halides is 3. The van der Waals surface area contributed by atoms with Gasteiger partial charge in [0, 0.05) is 11.8 Å². The summed E-state index contributed by atoms with van der Waals surface area (Å²) in [5.41, 5.74) is -0.709. The van der Waals surface area contributed by atoms with Gasteiger partial charge in [-0.15, -0.1) is 0 Å². The van der Waals surface area contributed by atoms with Crippen LogP contribution in [-0.2, 0) is 20.5 Å². The van der Waals surface area contributed by atoms with Crippen molar-refractivity contribution < 1.29 is 41.7 Å². The van der Waals surface area contributed by atoms with Crippen molar-refractivity contribution in [3.8, 4) is 17.2 Å². The minimum atomic E-state index is -4.68. The fourth-order valence-electron chi connectivity index (χ4n) is 2.56. The molecule has 0 saturated heterocycles. The molecule has 0 fully saturated rings. The van der Waals surface area contributed by atoms with Crippen molar-refractivity contribution in [2.45, 2.75) is 6.18 Å². The number of hydrogen-bond donors (Lipinski definition) is 1. The van der Waals surface area contributed by atoms with Crippen LogP contribution in [0.1, 0.15) is 11.1 Å². The lowest BCUT2D eigenvalue weighted by Gasteiger charge is -2.12. The van der Waals surface area contributed by atoms with Crippen LogP contribution >= 0.6 is 11.6 Å². The number of esters is 1. The molecule has 2 aromatic rings. The highest BCUT2D eigenvalue weighted by atomic mass is 35.5. The average Bonchev–Trinajstić information content (AvgIpc) is 2.75. The Morgan fingerprint density at radius 3 is 2.19 bits per heavy atom. The average molecular weight is 474 g/mol. The molecule has 0 heterocycles. The fraction of sp³-hybridized carbons (Fsp3) is 0.238. The van der Waals surface area contributed by atoms with Gasteiger partial charge in [0.1, 0.15) is 0 Å². The van der Waals surface area contributed by atoms with E-state index in [-0.39, 0.29) is 5.69 Å². The lowest BCUT2D eigenvalue weighted by atomic mass is 10.1. The zero-order valence-corrected chi connectivity index (χ0v) is 18.0. The molecule has 0 aliphatic heterocycles. The summed E-state index contributed by atoms with van der Waals surface area (Å²) in [7, 11) is 4.33. The molecule has 0 aliphatic rings. The van der Waals surface area contributed by atoms with Crippen LogP contribution in [0.4, 0.5) is 18.9 Å². The second-order valence-corrected chi connectivity index (χ2v) is 6.55. The van der Waals surface area contributed by atoms with Crippen LogP contribution in [0.2, 0.25) is 5.02 Å². The van der Waals surface area contributed by atoms with Gasteiger partial charge in [-0.3, -0.25) is 4.79 Å². The Bertz CT molecular complexity index is 998. The van der Waals surface area contributed by atoms with Crippen molar-refractivity contribution in [1.29, 1.82) is 0 Å². The molecule has 32 heavy (non-hydrogen) atoms. The van der Waals surface area contributed by atoms with E-state index in [0.717, 1.165) is 12.1 Å². The second kappa shape index (κ2) is 10.8. The monoisotopic (exact) mass is 473 g/mol. The number of rotatable bonds is 8. The summed E-state index contributed by atoms with van der Waals surface area (Å²) in [6.45, 7) is -0.706. The molecular weight excluding hydrogens is 455 g/mol. The van der Waals surface area contributed by atoms with Crippen LogP contribution < -0.4 is 19.5 Å². The van der Waals surface area contributed by atoms with Gasteiger partial charge < -0.3 is 24.3 Å². The molecule has 0 aromatic heterocycles. The highest BCUT2D eigenvalue weighted by molar-refractivity contribution is 6.31. The first-order valence-corrected chi connectivity index (χ1v) is 9.28. The molecule has 1 N–H and O–H groups in total. The molecule has 7 nitrogen and oxygen atoms in total. The van der Waals surface area contributed by atoms with Crippen LogP contribution in [0.3, 0.4) is 0 Å². The lowest BCUT2D eigenvalue weighted by molar-refractivity contribution is -0.142. The van der Waals surface area contributed by atoms with Crippen molar-refractivity contribution in [2.24, 2.45) is 0 Å². The fourth-order valence-corrected chi connectivity index (χ4v) is 2.79. The first-order valence-electron chi connectivity index (χ1n) is 8.90. The van der Waals surface area contributed by atoms with E-state index in [1.165, 1.54) is 33.5 Å². The zero-order chi connectivity index (χ0) is 23.9. The molecule has 0 saturated carbocycles. The third-order valence-corrected chi connectivity index (χ3v) is 4.33. The minimum absolute atomic E-state index is 0.143. The standard InChI is InChI=1S/C21H19ClF3NO6/c1-29-16-8-12(9-17(30-2)20(16)31-3)4-7-19(28)32-11-18(27)26-13-5-6-15(22)14(10-13)21(23,24)25/h4-10H,11H2,1-3H3,(H,26,27)/b7-4+. The van der Waals surface area contributed by atoms with Gasteiger partial charge in [0.25, 0.3) is 5.91 Å². The van der Waals surface area contributed by atoms with Gasteiger partial charge in [0.05, 0.1) is 31.9 Å². The number of halogens is 4. The number of nitrogens with one attached hydrogen (secondary N) is 1. The number of amides is 1. The van der Waals surface area contributed by atoms with E-state index >= 15 is 0 Å². The summed E-state index contributed by atoms with van der Waals surface area (Å²) in [6.07, 6.45) is -2.21. The van der Waals surface area contributed by atoms with Gasteiger partial charge in [0.15, 0.2) is 18.1 Å². The number of carbonyl (C=O) groups excluding carboxylic acids is 2. The molecule has 0 spiro atoms. The van der Waals surface area contributed by atoms with Crippen LogP contribution in [0.25, 0.3) is 6.08 Å². The molecule has 0 radical (unpaired) electrons. The summed E-state index contributed by atoms with van der Waals surface area (Å²) in [4.78, 5) is 23.8. The minimum Gasteiger partial charge on any atom is -0.493 e. The number of hydrogen-bond acceptors (Lipinski definition) is 6. The van der Waals surface area contributed by atoms with Crippen LogP contribution in [0.15, 0.2) is 36.4 Å². The maximum atomic E-state index is 12.9. The Labute approximate surface area is 186 Å². The topological polar surface area (TPSA) is 83.1 Å². The van der Waals surface area contributed by atoms with Gasteiger partial charge in [0.2, 0.25) is 5.75 Å². The van der Waals surface area contributed by atoms with Crippen molar-refractivity contribution in [3.05, 3.63) is 52.6 Å². The third kappa shape index (κ3) is 6.55. The van der Waals surface area contributed by atoms with Crippen molar-refractivity contribution in [3.63, 3.8) is 0 Å². The lowest BCUT2D eigenvalue weighted by Crippen LogP contribution is -2.20. The van der Waals surface area contributed by atoms with Gasteiger partial charge in [-0.05, 0) is 42.0 Å². The molecule has 1 amide bonds. The van der Waals surface area contributed by atoms with Crippen LogP contribution in [0, 0.1) is 0 Å². The molecule has 172 valence electrons. The molecule has 11 heteroatoms. The predicted molar refractivity (Wildman–Crippen MR) is 111 cm³/mol. The van der Waals surface area contributed by atoms with Crippen molar-refractivity contribution >= 4 is 35.2 Å². The maximum Gasteiger partial charge on any atom is 0.417 e. The molecule has 0 unspecified atom stereocenters. The smallest absolute Gasteiger partial charge is 0.417 e. The molecule has 2 aromatic carbocycles. The van der Waals surface area contributed by atoms with E-state index in [4.69, 9.17) is 30.5 Å². The first-order chi connectivity index (χ1) is 15.1. The maximum absolute atomic E-state index is 12.9. The van der Waals surface area contributed by atoms with Crippen LogP contribution in [0.5, 0.6) is 17.2 Å². The first kappa shape index (κ1) is 24.9. The zero-order valence-electron chi connectivity index (χ0n) is 17.2. The van der Waals surface area contributed by atoms with Crippen LogP contribution in [-0.4, -0.2) is 39.8 Å². The molecule has 2 rings (SSSR count). The molecule has 0 bridgehead atoms. The van der Waals surface area contributed by atoms with E-state index < -0.39 is 35.2 Å². The predicted octanol–water partition coefficient (Wildman–Crippen LogP) is 4.58. The van der Waals surface area contributed by atoms with E-state index in [1.54, 1.807) is 12.1 Å². The number of ether oxygens (including phenoxy) is 4. The second-order valence-electron chi connectivity index (χ2n) is 6.14. The number of methoxy groups -OCH3 is 3. The van der Waals surface area contributed by atoms with E-state index in [2.05, 4.69) is 5.32 Å². The highest BCUT2D eigenvalue weighted by Crippen LogP contribution is 2.38. The number of anilines is 1. The molecule has 0 aliphatic carbocycles. The van der Waals surface area contributed by atoms with E-state index in [1.807, 2.05) is 0 Å². The Morgan fingerprint density at radius 1 is 1.03 bits per heavy atom. The Kier molecular flexibility index (Phi) is 8.36. The van der Waals surface area contributed by atoms with E-state index in [9.17, 15) is 22.8 Å². The Balaban J connectivity index is 1.99. The summed E-state index contributed by atoms with van der Waals surface area (Å²) in [6, 6.07) is 6.08. The SMILES string of the molecule is COc1cc(/C=C/C(=O)OCC(=O)Nc2ccc(Cl)c(C(F)(F)F)c2)cc(OC)c1OC. The quantitative estimate of drug-likeness (QED) is 0.446. The molecule has 0 atom stereocenters. The van der Waals surface area contributed by atoms with Gasteiger partial charge >= 0.3 is 12.1 Å².